The van der Waals surface area contributed by atoms with Gasteiger partial charge in [-0.3, -0.25) is 4.79 Å². The number of anilines is 1. The van der Waals surface area contributed by atoms with E-state index in [2.05, 4.69) is 10.6 Å². The van der Waals surface area contributed by atoms with E-state index in [0.717, 1.165) is 12.8 Å². The van der Waals surface area contributed by atoms with Gasteiger partial charge < -0.3 is 15.4 Å². The van der Waals surface area contributed by atoms with Crippen LogP contribution < -0.4 is 10.6 Å². The Kier molecular flexibility index (Phi) is 4.95. The Balaban J connectivity index is 2.14. The molecular formula is C15H21FN2O2. The minimum atomic E-state index is -0.401. The number of carbonyl (C=O) groups excluding carboxylic acids is 1. The summed E-state index contributed by atoms with van der Waals surface area (Å²) in [5.41, 5.74) is 0.621. The van der Waals surface area contributed by atoms with E-state index in [1.54, 1.807) is 12.1 Å². The summed E-state index contributed by atoms with van der Waals surface area (Å²) < 4.78 is 19.3. The molecule has 1 amide bonds. The maximum absolute atomic E-state index is 13.9. The molecule has 0 aromatic heterocycles. The summed E-state index contributed by atoms with van der Waals surface area (Å²) in [4.78, 5) is 12.3. The third-order valence-corrected chi connectivity index (χ3v) is 3.50. The molecule has 0 radical (unpaired) electrons. The molecule has 2 atom stereocenters. The van der Waals surface area contributed by atoms with Crippen LogP contribution >= 0.6 is 0 Å². The summed E-state index contributed by atoms with van der Waals surface area (Å²) in [5.74, 6) is -0.660. The number of nitrogens with one attached hydrogen (secondary N) is 2. The third-order valence-electron chi connectivity index (χ3n) is 3.50. The van der Waals surface area contributed by atoms with Gasteiger partial charge in [0.1, 0.15) is 5.82 Å². The van der Waals surface area contributed by atoms with Crippen LogP contribution in [0.3, 0.4) is 0 Å². The molecule has 0 aliphatic carbocycles. The van der Waals surface area contributed by atoms with Gasteiger partial charge in [0.2, 0.25) is 0 Å². The monoisotopic (exact) mass is 280 g/mol. The Bertz CT molecular complexity index is 479. The van der Waals surface area contributed by atoms with Gasteiger partial charge in [-0.2, -0.15) is 0 Å². The van der Waals surface area contributed by atoms with Crippen LogP contribution in [0.1, 0.15) is 37.0 Å². The van der Waals surface area contributed by atoms with Crippen LogP contribution in [0.4, 0.5) is 10.1 Å². The lowest BCUT2D eigenvalue weighted by Crippen LogP contribution is -2.39. The molecule has 1 heterocycles. The lowest BCUT2D eigenvalue weighted by molar-refractivity contribution is 0.0866. The van der Waals surface area contributed by atoms with Crippen LogP contribution in [0.2, 0.25) is 0 Å². The lowest BCUT2D eigenvalue weighted by atomic mass is 10.1. The molecule has 110 valence electrons. The molecule has 1 aromatic carbocycles. The van der Waals surface area contributed by atoms with Crippen LogP contribution in [0, 0.1) is 5.82 Å². The Labute approximate surface area is 118 Å². The summed E-state index contributed by atoms with van der Waals surface area (Å²) in [6, 6.07) is 4.54. The van der Waals surface area contributed by atoms with Crippen molar-refractivity contribution in [3.63, 3.8) is 0 Å². The number of para-hydroxylation sites is 1. The van der Waals surface area contributed by atoms with Crippen molar-refractivity contribution in [2.75, 3.05) is 18.5 Å². The van der Waals surface area contributed by atoms with Gasteiger partial charge in [0.15, 0.2) is 0 Å². The van der Waals surface area contributed by atoms with E-state index in [0.29, 0.717) is 18.7 Å². The van der Waals surface area contributed by atoms with Gasteiger partial charge in [0.25, 0.3) is 5.91 Å². The second kappa shape index (κ2) is 6.70. The van der Waals surface area contributed by atoms with Crippen molar-refractivity contribution in [3.8, 4) is 0 Å². The van der Waals surface area contributed by atoms with Gasteiger partial charge in [-0.05, 0) is 31.9 Å². The summed E-state index contributed by atoms with van der Waals surface area (Å²) in [5, 5.41) is 5.90. The predicted octanol–water partition coefficient (Wildman–Crippen LogP) is 2.55. The average Bonchev–Trinajstić information content (AvgIpc) is 2.82. The summed E-state index contributed by atoms with van der Waals surface area (Å²) >= 11 is 0. The molecule has 2 rings (SSSR count). The van der Waals surface area contributed by atoms with Crippen molar-refractivity contribution < 1.29 is 13.9 Å². The highest BCUT2D eigenvalue weighted by Gasteiger charge is 2.27. The molecule has 20 heavy (non-hydrogen) atoms. The highest BCUT2D eigenvalue weighted by molar-refractivity contribution is 5.99. The smallest absolute Gasteiger partial charge is 0.253 e. The molecular weight excluding hydrogens is 259 g/mol. The minimum absolute atomic E-state index is 0.000407. The van der Waals surface area contributed by atoms with E-state index in [-0.39, 0.29) is 23.7 Å². The molecule has 1 fully saturated rings. The van der Waals surface area contributed by atoms with Gasteiger partial charge >= 0.3 is 0 Å². The fourth-order valence-electron chi connectivity index (χ4n) is 2.31. The van der Waals surface area contributed by atoms with Crippen LogP contribution in [0.5, 0.6) is 0 Å². The maximum Gasteiger partial charge on any atom is 0.253 e. The number of hydrogen-bond acceptors (Lipinski definition) is 3. The molecule has 2 N–H and O–H groups in total. The number of benzene rings is 1. The number of amides is 1. The number of ether oxygens (including phenoxy) is 1. The number of halogens is 1. The van der Waals surface area contributed by atoms with Crippen molar-refractivity contribution in [1.29, 1.82) is 0 Å². The second-order valence-electron chi connectivity index (χ2n) is 5.03. The maximum atomic E-state index is 13.9. The largest absolute Gasteiger partial charge is 0.382 e. The molecule has 0 bridgehead atoms. The number of carbonyl (C=O) groups is 1. The minimum Gasteiger partial charge on any atom is -0.382 e. The first kappa shape index (κ1) is 14.8. The molecule has 4 nitrogen and oxygen atoms in total. The molecule has 1 aliphatic rings. The van der Waals surface area contributed by atoms with Crippen LogP contribution in [-0.2, 0) is 4.74 Å². The van der Waals surface area contributed by atoms with E-state index in [1.165, 1.54) is 6.07 Å². The first-order valence-electron chi connectivity index (χ1n) is 7.08. The van der Waals surface area contributed by atoms with Crippen molar-refractivity contribution in [1.82, 2.24) is 5.32 Å². The van der Waals surface area contributed by atoms with E-state index < -0.39 is 5.82 Å². The van der Waals surface area contributed by atoms with E-state index >= 15 is 0 Å². The topological polar surface area (TPSA) is 50.4 Å². The van der Waals surface area contributed by atoms with Gasteiger partial charge in [0.05, 0.1) is 23.4 Å². The first-order valence-corrected chi connectivity index (χ1v) is 7.08. The number of rotatable bonds is 5. The predicted molar refractivity (Wildman–Crippen MR) is 76.5 cm³/mol. The highest BCUT2D eigenvalue weighted by Crippen LogP contribution is 2.21. The molecule has 1 saturated heterocycles. The molecule has 1 aliphatic heterocycles. The normalized spacial score (nSPS) is 21.8. The summed E-state index contributed by atoms with van der Waals surface area (Å²) in [6.07, 6.45) is 1.66. The highest BCUT2D eigenvalue weighted by atomic mass is 19.1. The third kappa shape index (κ3) is 3.28. The Hall–Kier alpha value is -1.62. The zero-order chi connectivity index (χ0) is 14.5. The molecule has 5 heteroatoms. The van der Waals surface area contributed by atoms with Crippen molar-refractivity contribution >= 4 is 11.6 Å². The van der Waals surface area contributed by atoms with Crippen LogP contribution in [0.15, 0.2) is 18.2 Å². The first-order chi connectivity index (χ1) is 9.63. The van der Waals surface area contributed by atoms with E-state index in [1.807, 2.05) is 13.8 Å². The van der Waals surface area contributed by atoms with E-state index in [4.69, 9.17) is 4.74 Å². The van der Waals surface area contributed by atoms with Gasteiger partial charge in [-0.15, -0.1) is 0 Å². The van der Waals surface area contributed by atoms with Crippen molar-refractivity contribution in [2.45, 2.75) is 38.8 Å². The summed E-state index contributed by atoms with van der Waals surface area (Å²) in [7, 11) is 0. The quantitative estimate of drug-likeness (QED) is 0.871. The van der Waals surface area contributed by atoms with Crippen molar-refractivity contribution in [3.05, 3.63) is 29.6 Å². The fraction of sp³-hybridized carbons (Fsp3) is 0.533. The molecule has 1 aromatic rings. The average molecular weight is 280 g/mol. The van der Waals surface area contributed by atoms with Gasteiger partial charge in [0, 0.05) is 13.2 Å². The molecule has 0 spiro atoms. The Morgan fingerprint density at radius 1 is 1.50 bits per heavy atom. The Morgan fingerprint density at radius 2 is 2.30 bits per heavy atom. The lowest BCUT2D eigenvalue weighted by Gasteiger charge is -2.18. The standard InChI is InChI=1S/C15H21FN2O2/c1-3-8-17-14-11(5-4-6-12(14)16)15(19)18-13-7-9-20-10(13)2/h4-6,10,13,17H,3,7-9H2,1-2H3,(H,18,19). The fourth-order valence-corrected chi connectivity index (χ4v) is 2.31. The summed E-state index contributed by atoms with van der Waals surface area (Å²) in [6.45, 7) is 5.20. The van der Waals surface area contributed by atoms with Crippen LogP contribution in [0.25, 0.3) is 0 Å². The number of hydrogen-bond donors (Lipinski definition) is 2. The second-order valence-corrected chi connectivity index (χ2v) is 5.03. The van der Waals surface area contributed by atoms with Crippen molar-refractivity contribution in [2.24, 2.45) is 0 Å². The van der Waals surface area contributed by atoms with Gasteiger partial charge in [-0.1, -0.05) is 13.0 Å². The zero-order valence-corrected chi connectivity index (χ0v) is 11.9. The zero-order valence-electron chi connectivity index (χ0n) is 11.9. The molecule has 2 unspecified atom stereocenters. The SMILES string of the molecule is CCCNc1c(F)cccc1C(=O)NC1CCOC1C. The Morgan fingerprint density at radius 3 is 2.95 bits per heavy atom. The van der Waals surface area contributed by atoms with Gasteiger partial charge in [-0.25, -0.2) is 4.39 Å². The van der Waals surface area contributed by atoms with Crippen LogP contribution in [-0.4, -0.2) is 31.2 Å². The molecule has 0 saturated carbocycles. The van der Waals surface area contributed by atoms with E-state index in [9.17, 15) is 9.18 Å².